The maximum atomic E-state index is 4.64. The van der Waals surface area contributed by atoms with Crippen molar-refractivity contribution in [3.63, 3.8) is 0 Å². The van der Waals surface area contributed by atoms with Crippen LogP contribution < -0.4 is 0 Å². The Kier molecular flexibility index (Phi) is 3.49. The van der Waals surface area contributed by atoms with Crippen LogP contribution in [0.5, 0.6) is 0 Å². The summed E-state index contributed by atoms with van der Waals surface area (Å²) in [4.78, 5) is 0. The smallest absolute Gasteiger partial charge is 0.0732 e. The zero-order chi connectivity index (χ0) is 15.5. The lowest BCUT2D eigenvalue weighted by Crippen LogP contribution is -1.87. The van der Waals surface area contributed by atoms with Crippen LogP contribution in [0.2, 0.25) is 0 Å². The molecule has 4 rings (SSSR count). The van der Waals surface area contributed by atoms with Gasteiger partial charge in [0.25, 0.3) is 0 Å². The topological polar surface area (TPSA) is 17.3 Å². The summed E-state index contributed by atoms with van der Waals surface area (Å²) in [6, 6.07) is 27.0. The van der Waals surface area contributed by atoms with E-state index in [9.17, 15) is 0 Å². The number of hydrogen-bond donors (Lipinski definition) is 0. The van der Waals surface area contributed by atoms with Crippen molar-refractivity contribution in [2.75, 3.05) is 0 Å². The predicted molar refractivity (Wildman–Crippen MR) is 98.8 cm³/mol. The van der Waals surface area contributed by atoms with Crippen molar-refractivity contribution >= 4 is 34.1 Å². The van der Waals surface area contributed by atoms with Crippen LogP contribution in [0.15, 0.2) is 90.0 Å². The maximum absolute atomic E-state index is 4.64. The van der Waals surface area contributed by atoms with Crippen molar-refractivity contribution < 1.29 is 0 Å². The van der Waals surface area contributed by atoms with Crippen molar-refractivity contribution in [2.24, 2.45) is 5.10 Å². The first-order valence-electron chi connectivity index (χ1n) is 7.68. The Morgan fingerprint density at radius 3 is 1.87 bits per heavy atom. The van der Waals surface area contributed by atoms with Gasteiger partial charge in [-0.05, 0) is 23.8 Å². The molecule has 23 heavy (non-hydrogen) atoms. The molecular formula is C21H16N2. The van der Waals surface area contributed by atoms with Crippen LogP contribution in [0.3, 0.4) is 0 Å². The molecule has 0 aliphatic rings. The first kappa shape index (κ1) is 13.5. The molecule has 110 valence electrons. The molecule has 0 unspecified atom stereocenters. The van der Waals surface area contributed by atoms with E-state index in [1.807, 2.05) is 47.3 Å². The largest absolute Gasteiger partial charge is 0.233 e. The molecule has 1 aromatic heterocycles. The molecular weight excluding hydrogens is 280 g/mol. The minimum atomic E-state index is 1.12. The lowest BCUT2D eigenvalue weighted by molar-refractivity contribution is 0.976. The average Bonchev–Trinajstić information content (AvgIpc) is 2.94. The Morgan fingerprint density at radius 2 is 1.22 bits per heavy atom. The molecule has 0 bridgehead atoms. The SMILES string of the molecule is C(/C=C/c1ccccc1)=N/n1c2ccccc2c2ccccc21. The van der Waals surface area contributed by atoms with Gasteiger partial charge in [-0.2, -0.15) is 5.10 Å². The number of aromatic nitrogens is 1. The summed E-state index contributed by atoms with van der Waals surface area (Å²) in [6.45, 7) is 0. The molecule has 0 N–H and O–H groups in total. The molecule has 4 aromatic rings. The Labute approximate surface area is 135 Å². The van der Waals surface area contributed by atoms with Crippen LogP contribution >= 0.6 is 0 Å². The predicted octanol–water partition coefficient (Wildman–Crippen LogP) is 5.34. The fourth-order valence-electron chi connectivity index (χ4n) is 2.85. The van der Waals surface area contributed by atoms with Gasteiger partial charge < -0.3 is 0 Å². The molecule has 0 amide bonds. The zero-order valence-corrected chi connectivity index (χ0v) is 12.6. The molecule has 2 nitrogen and oxygen atoms in total. The molecule has 0 radical (unpaired) electrons. The summed E-state index contributed by atoms with van der Waals surface area (Å²) in [5.41, 5.74) is 3.41. The van der Waals surface area contributed by atoms with Gasteiger partial charge in [0.2, 0.25) is 0 Å². The summed E-state index contributed by atoms with van der Waals surface area (Å²) in [6.07, 6.45) is 5.86. The van der Waals surface area contributed by atoms with Gasteiger partial charge in [-0.15, -0.1) is 0 Å². The third-order valence-electron chi connectivity index (χ3n) is 3.91. The van der Waals surface area contributed by atoms with E-state index >= 15 is 0 Å². The highest BCUT2D eigenvalue weighted by Gasteiger charge is 2.07. The lowest BCUT2D eigenvalue weighted by atomic mass is 10.2. The van der Waals surface area contributed by atoms with Gasteiger partial charge in [-0.25, -0.2) is 4.68 Å². The van der Waals surface area contributed by atoms with E-state index in [0.29, 0.717) is 0 Å². The molecule has 0 aliphatic carbocycles. The van der Waals surface area contributed by atoms with E-state index in [-0.39, 0.29) is 0 Å². The molecule has 3 aromatic carbocycles. The zero-order valence-electron chi connectivity index (χ0n) is 12.6. The average molecular weight is 296 g/mol. The lowest BCUT2D eigenvalue weighted by Gasteiger charge is -1.98. The van der Waals surface area contributed by atoms with E-state index in [1.54, 1.807) is 0 Å². The van der Waals surface area contributed by atoms with Crippen molar-refractivity contribution in [3.8, 4) is 0 Å². The van der Waals surface area contributed by atoms with Gasteiger partial charge in [-0.1, -0.05) is 72.8 Å². The molecule has 0 saturated carbocycles. The first-order valence-corrected chi connectivity index (χ1v) is 7.68. The van der Waals surface area contributed by atoms with Crippen molar-refractivity contribution in [2.45, 2.75) is 0 Å². The number of para-hydroxylation sites is 2. The third kappa shape index (κ3) is 2.55. The van der Waals surface area contributed by atoms with Gasteiger partial charge in [0.05, 0.1) is 11.0 Å². The number of nitrogens with zero attached hydrogens (tertiary/aromatic N) is 2. The second-order valence-corrected chi connectivity index (χ2v) is 5.38. The van der Waals surface area contributed by atoms with Gasteiger partial charge in [-0.3, -0.25) is 0 Å². The van der Waals surface area contributed by atoms with Crippen LogP contribution in [-0.2, 0) is 0 Å². The summed E-state index contributed by atoms with van der Waals surface area (Å²) in [5, 5.41) is 7.10. The number of allylic oxidation sites excluding steroid dienone is 1. The highest BCUT2D eigenvalue weighted by atomic mass is 15.3. The molecule has 0 atom stereocenters. The Bertz CT molecular complexity index is 955. The van der Waals surface area contributed by atoms with Crippen LogP contribution in [0.1, 0.15) is 5.56 Å². The standard InChI is InChI=1S/C21H16N2/c1-2-9-17(10-3-1)11-8-16-22-23-20-14-6-4-12-18(20)19-13-5-7-15-21(19)23/h1-16H/b11-8+,22-16-. The second kappa shape index (κ2) is 5.93. The highest BCUT2D eigenvalue weighted by Crippen LogP contribution is 2.28. The summed E-state index contributed by atoms with van der Waals surface area (Å²) in [7, 11) is 0. The fourth-order valence-corrected chi connectivity index (χ4v) is 2.85. The highest BCUT2D eigenvalue weighted by molar-refractivity contribution is 6.08. The molecule has 2 heteroatoms. The third-order valence-corrected chi connectivity index (χ3v) is 3.91. The number of rotatable bonds is 3. The Morgan fingerprint density at radius 1 is 0.652 bits per heavy atom. The summed E-state index contributed by atoms with van der Waals surface area (Å²) >= 11 is 0. The monoisotopic (exact) mass is 296 g/mol. The summed E-state index contributed by atoms with van der Waals surface area (Å²) in [5.74, 6) is 0. The van der Waals surface area contributed by atoms with Crippen molar-refractivity contribution in [1.29, 1.82) is 0 Å². The molecule has 0 fully saturated rings. The van der Waals surface area contributed by atoms with Crippen LogP contribution in [0.25, 0.3) is 27.9 Å². The second-order valence-electron chi connectivity index (χ2n) is 5.38. The van der Waals surface area contributed by atoms with Crippen molar-refractivity contribution in [3.05, 3.63) is 90.5 Å². The van der Waals surface area contributed by atoms with E-state index in [1.165, 1.54) is 16.3 Å². The number of hydrogen-bond acceptors (Lipinski definition) is 1. The van der Waals surface area contributed by atoms with E-state index in [0.717, 1.165) is 11.0 Å². The fraction of sp³-hybridized carbons (Fsp3) is 0. The van der Waals surface area contributed by atoms with Crippen LogP contribution in [0.4, 0.5) is 0 Å². The quantitative estimate of drug-likeness (QED) is 0.454. The molecule has 0 saturated heterocycles. The van der Waals surface area contributed by atoms with E-state index in [4.69, 9.17) is 0 Å². The molecule has 0 aliphatic heterocycles. The van der Waals surface area contributed by atoms with Gasteiger partial charge in [0.15, 0.2) is 0 Å². The molecule has 1 heterocycles. The first-order chi connectivity index (χ1) is 11.4. The van der Waals surface area contributed by atoms with Gasteiger partial charge >= 0.3 is 0 Å². The molecule has 0 spiro atoms. The van der Waals surface area contributed by atoms with Gasteiger partial charge in [0, 0.05) is 17.0 Å². The normalized spacial score (nSPS) is 12.0. The Hall–Kier alpha value is -3.13. The minimum absolute atomic E-state index is 1.12. The van der Waals surface area contributed by atoms with Gasteiger partial charge in [0.1, 0.15) is 0 Å². The maximum Gasteiger partial charge on any atom is 0.0732 e. The Balaban J connectivity index is 1.76. The minimum Gasteiger partial charge on any atom is -0.233 e. The number of benzene rings is 3. The van der Waals surface area contributed by atoms with Crippen molar-refractivity contribution in [1.82, 2.24) is 4.68 Å². The van der Waals surface area contributed by atoms with Crippen LogP contribution in [0, 0.1) is 0 Å². The number of fused-ring (bicyclic) bond motifs is 3. The van der Waals surface area contributed by atoms with E-state index in [2.05, 4.69) is 59.7 Å². The summed E-state index contributed by atoms with van der Waals surface area (Å²) < 4.78 is 2.00. The van der Waals surface area contributed by atoms with E-state index < -0.39 is 0 Å². The van der Waals surface area contributed by atoms with Crippen LogP contribution in [-0.4, -0.2) is 10.9 Å².